The van der Waals surface area contributed by atoms with E-state index in [1.165, 1.54) is 18.9 Å². The van der Waals surface area contributed by atoms with Gasteiger partial charge in [0.25, 0.3) is 0 Å². The molecule has 1 aliphatic carbocycles. The zero-order chi connectivity index (χ0) is 21.3. The van der Waals surface area contributed by atoms with Gasteiger partial charge in [-0.1, -0.05) is 49.1 Å². The number of hydrogen-bond donors (Lipinski definition) is 2. The summed E-state index contributed by atoms with van der Waals surface area (Å²) in [6, 6.07) is 12.2. The molecule has 0 spiro atoms. The van der Waals surface area contributed by atoms with Gasteiger partial charge in [0.2, 0.25) is 10.0 Å². The van der Waals surface area contributed by atoms with E-state index in [2.05, 4.69) is 23.1 Å². The number of sulfonamides is 1. The minimum Gasteiger partial charge on any atom is -0.486 e. The molecule has 1 aliphatic rings. The second-order valence-corrected chi connectivity index (χ2v) is 8.92. The fourth-order valence-electron chi connectivity index (χ4n) is 3.25. The lowest BCUT2D eigenvalue weighted by Crippen LogP contribution is -2.13. The minimum absolute atomic E-state index is 0.0864. The Labute approximate surface area is 175 Å². The Morgan fingerprint density at radius 3 is 2.70 bits per heavy atom. The van der Waals surface area contributed by atoms with E-state index in [4.69, 9.17) is 9.88 Å². The summed E-state index contributed by atoms with van der Waals surface area (Å²) in [7, 11) is -3.83. The SMILES string of the molecule is C=C(/C=C\C(=C)C1CC1)OCc1nc2ccc(-c3ccccc3S(N)(=O)=O)cc2[nH]1. The molecule has 1 aromatic heterocycles. The zero-order valence-corrected chi connectivity index (χ0v) is 17.3. The van der Waals surface area contributed by atoms with Gasteiger partial charge >= 0.3 is 0 Å². The third-order valence-electron chi connectivity index (χ3n) is 5.01. The molecule has 3 N–H and O–H groups in total. The second-order valence-electron chi connectivity index (χ2n) is 7.39. The number of benzene rings is 2. The highest BCUT2D eigenvalue weighted by Crippen LogP contribution is 2.36. The number of ether oxygens (including phenoxy) is 1. The number of nitrogens with one attached hydrogen (secondary N) is 1. The van der Waals surface area contributed by atoms with Crippen LogP contribution in [0.1, 0.15) is 18.7 Å². The van der Waals surface area contributed by atoms with E-state index in [-0.39, 0.29) is 11.5 Å². The van der Waals surface area contributed by atoms with Crippen molar-refractivity contribution in [2.75, 3.05) is 0 Å². The number of aromatic amines is 1. The summed E-state index contributed by atoms with van der Waals surface area (Å²) in [4.78, 5) is 7.82. The van der Waals surface area contributed by atoms with Gasteiger partial charge < -0.3 is 9.72 Å². The van der Waals surface area contributed by atoms with E-state index in [0.717, 1.165) is 22.2 Å². The number of primary sulfonamides is 1. The lowest BCUT2D eigenvalue weighted by atomic mass is 10.1. The number of fused-ring (bicyclic) bond motifs is 1. The maximum atomic E-state index is 11.9. The summed E-state index contributed by atoms with van der Waals surface area (Å²) in [5, 5.41) is 5.36. The molecule has 2 aromatic carbocycles. The fourth-order valence-corrected chi connectivity index (χ4v) is 4.01. The normalized spacial score (nSPS) is 14.3. The first-order valence-electron chi connectivity index (χ1n) is 9.61. The highest BCUT2D eigenvalue weighted by atomic mass is 32.2. The predicted molar refractivity (Wildman–Crippen MR) is 118 cm³/mol. The van der Waals surface area contributed by atoms with Crippen LogP contribution in [0.4, 0.5) is 0 Å². The van der Waals surface area contributed by atoms with Crippen LogP contribution in [0.5, 0.6) is 0 Å². The van der Waals surface area contributed by atoms with Gasteiger partial charge in [-0.2, -0.15) is 0 Å². The van der Waals surface area contributed by atoms with E-state index in [1.807, 2.05) is 30.4 Å². The maximum Gasteiger partial charge on any atom is 0.238 e. The first kappa shape index (κ1) is 20.1. The summed E-state index contributed by atoms with van der Waals surface area (Å²) in [6.45, 7) is 8.19. The van der Waals surface area contributed by atoms with Crippen LogP contribution in [-0.4, -0.2) is 18.4 Å². The van der Waals surface area contributed by atoms with E-state index in [9.17, 15) is 8.42 Å². The van der Waals surface area contributed by atoms with Crippen LogP contribution >= 0.6 is 0 Å². The standard InChI is InChI=1S/C23H23N3O3S/c1-15(17-9-10-17)7-8-16(2)29-14-23-25-20-12-11-18(13-21(20)26-23)19-5-3-4-6-22(19)30(24,27)28/h3-8,11-13,17H,1-2,9-10,14H2,(H,25,26)(H2,24,27,28)/b8-7-. The van der Waals surface area contributed by atoms with Gasteiger partial charge in [0.05, 0.1) is 15.9 Å². The Bertz CT molecular complexity index is 1270. The van der Waals surface area contributed by atoms with Crippen molar-refractivity contribution >= 4 is 21.1 Å². The first-order valence-corrected chi connectivity index (χ1v) is 11.2. The highest BCUT2D eigenvalue weighted by molar-refractivity contribution is 7.89. The number of hydrogen-bond acceptors (Lipinski definition) is 4. The molecule has 1 saturated carbocycles. The number of H-pyrrole nitrogens is 1. The lowest BCUT2D eigenvalue weighted by Gasteiger charge is -2.07. The Kier molecular flexibility index (Phi) is 5.32. The van der Waals surface area contributed by atoms with Gasteiger partial charge in [0.1, 0.15) is 18.2 Å². The van der Waals surface area contributed by atoms with E-state index >= 15 is 0 Å². The highest BCUT2D eigenvalue weighted by Gasteiger charge is 2.22. The fraction of sp³-hybridized carbons (Fsp3) is 0.174. The number of allylic oxidation sites excluding steroid dienone is 3. The average molecular weight is 422 g/mol. The molecule has 154 valence electrons. The number of nitrogens with two attached hydrogens (primary N) is 1. The monoisotopic (exact) mass is 421 g/mol. The van der Waals surface area contributed by atoms with Crippen molar-refractivity contribution in [2.45, 2.75) is 24.3 Å². The lowest BCUT2D eigenvalue weighted by molar-refractivity contribution is 0.206. The molecule has 4 rings (SSSR count). The number of nitrogens with zero attached hydrogens (tertiary/aromatic N) is 1. The van der Waals surface area contributed by atoms with E-state index in [0.29, 0.717) is 23.1 Å². The van der Waals surface area contributed by atoms with Crippen molar-refractivity contribution in [3.05, 3.63) is 84.9 Å². The quantitative estimate of drug-likeness (QED) is 0.415. The first-order chi connectivity index (χ1) is 14.3. The summed E-state index contributed by atoms with van der Waals surface area (Å²) in [6.07, 6.45) is 6.19. The van der Waals surface area contributed by atoms with Gasteiger partial charge in [-0.15, -0.1) is 0 Å². The van der Waals surface area contributed by atoms with Crippen molar-refractivity contribution in [3.8, 4) is 11.1 Å². The summed E-state index contributed by atoms with van der Waals surface area (Å²) in [5.41, 5.74) is 3.92. The molecule has 0 radical (unpaired) electrons. The number of imidazole rings is 1. The number of rotatable bonds is 8. The molecule has 30 heavy (non-hydrogen) atoms. The minimum atomic E-state index is -3.83. The average Bonchev–Trinajstić information content (AvgIpc) is 3.49. The molecule has 0 bridgehead atoms. The van der Waals surface area contributed by atoms with Crippen molar-refractivity contribution in [1.29, 1.82) is 0 Å². The van der Waals surface area contributed by atoms with Crippen LogP contribution in [0.15, 0.2) is 84.0 Å². The van der Waals surface area contributed by atoms with Gasteiger partial charge in [0.15, 0.2) is 0 Å². The van der Waals surface area contributed by atoms with Crippen LogP contribution in [0.2, 0.25) is 0 Å². The second kappa shape index (κ2) is 7.93. The Morgan fingerprint density at radius 2 is 1.97 bits per heavy atom. The van der Waals surface area contributed by atoms with Crippen molar-refractivity contribution in [2.24, 2.45) is 11.1 Å². The largest absolute Gasteiger partial charge is 0.486 e. The molecule has 7 heteroatoms. The van der Waals surface area contributed by atoms with Crippen LogP contribution in [0, 0.1) is 5.92 Å². The van der Waals surface area contributed by atoms with Crippen molar-refractivity contribution < 1.29 is 13.2 Å². The van der Waals surface area contributed by atoms with E-state index < -0.39 is 10.0 Å². The van der Waals surface area contributed by atoms with Crippen LogP contribution < -0.4 is 5.14 Å². The Hall–Kier alpha value is -3.16. The van der Waals surface area contributed by atoms with Crippen LogP contribution in [0.25, 0.3) is 22.2 Å². The van der Waals surface area contributed by atoms with E-state index in [1.54, 1.807) is 18.2 Å². The summed E-state index contributed by atoms with van der Waals surface area (Å²) >= 11 is 0. The van der Waals surface area contributed by atoms with Crippen molar-refractivity contribution in [1.82, 2.24) is 9.97 Å². The smallest absolute Gasteiger partial charge is 0.238 e. The molecule has 0 atom stereocenters. The van der Waals surface area contributed by atoms with Gasteiger partial charge in [0, 0.05) is 5.56 Å². The molecule has 0 saturated heterocycles. The molecule has 1 fully saturated rings. The molecule has 0 amide bonds. The van der Waals surface area contributed by atoms with Crippen LogP contribution in [-0.2, 0) is 21.4 Å². The molecular formula is C23H23N3O3S. The Morgan fingerprint density at radius 1 is 1.20 bits per heavy atom. The van der Waals surface area contributed by atoms with Crippen molar-refractivity contribution in [3.63, 3.8) is 0 Å². The molecule has 0 unspecified atom stereocenters. The molecule has 0 aliphatic heterocycles. The zero-order valence-electron chi connectivity index (χ0n) is 16.5. The van der Waals surface area contributed by atoms with Gasteiger partial charge in [-0.25, -0.2) is 18.5 Å². The third kappa shape index (κ3) is 4.53. The van der Waals surface area contributed by atoms with Crippen LogP contribution in [0.3, 0.4) is 0 Å². The summed E-state index contributed by atoms with van der Waals surface area (Å²) in [5.74, 6) is 1.80. The predicted octanol–water partition coefficient (Wildman–Crippen LogP) is 4.43. The maximum absolute atomic E-state index is 11.9. The number of aromatic nitrogens is 2. The molecule has 1 heterocycles. The molecule has 6 nitrogen and oxygen atoms in total. The summed E-state index contributed by atoms with van der Waals surface area (Å²) < 4.78 is 29.5. The third-order valence-corrected chi connectivity index (χ3v) is 5.98. The topological polar surface area (TPSA) is 98.1 Å². The molecule has 3 aromatic rings. The van der Waals surface area contributed by atoms with Gasteiger partial charge in [-0.3, -0.25) is 0 Å². The van der Waals surface area contributed by atoms with Gasteiger partial charge in [-0.05, 0) is 48.6 Å². The molecular weight excluding hydrogens is 398 g/mol. The Balaban J connectivity index is 1.51.